The summed E-state index contributed by atoms with van der Waals surface area (Å²) in [5, 5.41) is 0. The quantitative estimate of drug-likeness (QED) is 0.818. The van der Waals surface area contributed by atoms with Crippen LogP contribution < -0.4 is 4.74 Å². The summed E-state index contributed by atoms with van der Waals surface area (Å²) in [4.78, 5) is 5.16. The van der Waals surface area contributed by atoms with Gasteiger partial charge in [-0.2, -0.15) is 0 Å². The molecule has 0 atom stereocenters. The predicted molar refractivity (Wildman–Crippen MR) is 100 cm³/mol. The Bertz CT molecular complexity index is 513. The molecule has 1 saturated carbocycles. The van der Waals surface area contributed by atoms with Crippen LogP contribution in [0.3, 0.4) is 0 Å². The van der Waals surface area contributed by atoms with Crippen molar-refractivity contribution in [2.45, 2.75) is 57.2 Å². The molecule has 0 radical (unpaired) electrons. The Balaban J connectivity index is 1.23. The number of likely N-dealkylation sites (tertiary alicyclic amines) is 1. The van der Waals surface area contributed by atoms with Crippen LogP contribution in [-0.4, -0.2) is 61.3 Å². The van der Waals surface area contributed by atoms with Gasteiger partial charge in [-0.05, 0) is 43.4 Å². The monoisotopic (exact) mass is 344 g/mol. The minimum Gasteiger partial charge on any atom is -0.490 e. The molecule has 138 valence electrons. The van der Waals surface area contributed by atoms with Gasteiger partial charge in [-0.1, -0.05) is 25.0 Å². The molecule has 4 rings (SSSR count). The summed E-state index contributed by atoms with van der Waals surface area (Å²) in [5.74, 6) is 1.03. The molecule has 0 bridgehead atoms. The first-order chi connectivity index (χ1) is 12.4. The van der Waals surface area contributed by atoms with Gasteiger partial charge < -0.3 is 14.4 Å². The van der Waals surface area contributed by atoms with Crippen molar-refractivity contribution < 1.29 is 9.47 Å². The number of ether oxygens (including phenoxy) is 2. The molecule has 2 saturated heterocycles. The summed E-state index contributed by atoms with van der Waals surface area (Å²) in [5.41, 5.74) is 1.37. The van der Waals surface area contributed by atoms with Crippen LogP contribution in [0, 0.1) is 0 Å². The highest BCUT2D eigenvalue weighted by Crippen LogP contribution is 2.27. The van der Waals surface area contributed by atoms with E-state index in [1.165, 1.54) is 57.2 Å². The molecule has 2 aliphatic heterocycles. The van der Waals surface area contributed by atoms with Crippen molar-refractivity contribution >= 4 is 0 Å². The molecule has 2 heterocycles. The summed E-state index contributed by atoms with van der Waals surface area (Å²) in [6, 6.07) is 9.61. The maximum absolute atomic E-state index is 6.25. The van der Waals surface area contributed by atoms with E-state index in [4.69, 9.17) is 9.47 Å². The lowest BCUT2D eigenvalue weighted by atomic mass is 10.0. The predicted octanol–water partition coefficient (Wildman–Crippen LogP) is 3.30. The zero-order chi connectivity index (χ0) is 16.9. The fourth-order valence-corrected chi connectivity index (χ4v) is 4.51. The third-order valence-electron chi connectivity index (χ3n) is 6.05. The largest absolute Gasteiger partial charge is 0.490 e. The highest BCUT2D eigenvalue weighted by atomic mass is 16.5. The molecule has 0 spiro atoms. The fraction of sp³-hybridized carbons (Fsp3) is 0.714. The summed E-state index contributed by atoms with van der Waals surface area (Å²) in [7, 11) is 0. The van der Waals surface area contributed by atoms with E-state index in [2.05, 4.69) is 34.1 Å². The third-order valence-corrected chi connectivity index (χ3v) is 6.05. The summed E-state index contributed by atoms with van der Waals surface area (Å²) >= 11 is 0. The van der Waals surface area contributed by atoms with Crippen LogP contribution in [0.1, 0.15) is 44.1 Å². The van der Waals surface area contributed by atoms with Gasteiger partial charge in [0.15, 0.2) is 0 Å². The molecule has 1 aliphatic carbocycles. The molecule has 0 amide bonds. The first-order valence-electron chi connectivity index (χ1n) is 10.2. The van der Waals surface area contributed by atoms with Gasteiger partial charge in [0.1, 0.15) is 11.9 Å². The lowest BCUT2D eigenvalue weighted by molar-refractivity contribution is 0.0341. The molecule has 0 N–H and O–H groups in total. The smallest absolute Gasteiger partial charge is 0.119 e. The number of nitrogens with zero attached hydrogens (tertiary/aromatic N) is 2. The van der Waals surface area contributed by atoms with Gasteiger partial charge in [-0.3, -0.25) is 4.90 Å². The minimum absolute atomic E-state index is 0.391. The molecule has 0 unspecified atom stereocenters. The van der Waals surface area contributed by atoms with Gasteiger partial charge in [0.2, 0.25) is 0 Å². The van der Waals surface area contributed by atoms with Crippen molar-refractivity contribution in [2.75, 3.05) is 39.4 Å². The Hall–Kier alpha value is -1.10. The lowest BCUT2D eigenvalue weighted by Crippen LogP contribution is -2.43. The topological polar surface area (TPSA) is 24.9 Å². The second-order valence-electron chi connectivity index (χ2n) is 7.82. The average molecular weight is 344 g/mol. The molecule has 3 fully saturated rings. The van der Waals surface area contributed by atoms with Gasteiger partial charge in [0.25, 0.3) is 0 Å². The lowest BCUT2D eigenvalue weighted by Gasteiger charge is -2.36. The van der Waals surface area contributed by atoms with Crippen molar-refractivity contribution in [2.24, 2.45) is 0 Å². The molecule has 1 aromatic rings. The molecular weight excluding hydrogens is 312 g/mol. The summed E-state index contributed by atoms with van der Waals surface area (Å²) < 4.78 is 11.7. The van der Waals surface area contributed by atoms with Crippen molar-refractivity contribution in [3.05, 3.63) is 29.8 Å². The van der Waals surface area contributed by atoms with Crippen molar-refractivity contribution in [1.29, 1.82) is 0 Å². The highest BCUT2D eigenvalue weighted by Gasteiger charge is 2.27. The maximum atomic E-state index is 6.25. The first kappa shape index (κ1) is 17.3. The van der Waals surface area contributed by atoms with Crippen LogP contribution in [0.15, 0.2) is 24.3 Å². The second kappa shape index (κ2) is 8.52. The van der Waals surface area contributed by atoms with Crippen molar-refractivity contribution in [1.82, 2.24) is 9.80 Å². The Morgan fingerprint density at radius 3 is 2.24 bits per heavy atom. The maximum Gasteiger partial charge on any atom is 0.119 e. The molecule has 25 heavy (non-hydrogen) atoms. The standard InChI is InChI=1S/C21H32N2O2/c1-2-4-19(3-1)23-11-9-21(10-12-23)25-20-7-5-18(6-8-20)17-22-13-15-24-16-14-22/h5-8,19,21H,1-4,9-17H2. The number of morpholine rings is 1. The Morgan fingerprint density at radius 2 is 1.56 bits per heavy atom. The average Bonchev–Trinajstić information content (AvgIpc) is 3.20. The van der Waals surface area contributed by atoms with Gasteiger partial charge in [-0.25, -0.2) is 0 Å². The normalized spacial score (nSPS) is 24.6. The minimum atomic E-state index is 0.391. The van der Waals surface area contributed by atoms with Gasteiger partial charge in [-0.15, -0.1) is 0 Å². The zero-order valence-electron chi connectivity index (χ0n) is 15.4. The molecule has 1 aromatic carbocycles. The molecule has 3 aliphatic rings. The molecule has 0 aromatic heterocycles. The number of benzene rings is 1. The van der Waals surface area contributed by atoms with Crippen LogP contribution in [0.4, 0.5) is 0 Å². The number of piperidine rings is 1. The second-order valence-corrected chi connectivity index (χ2v) is 7.82. The van der Waals surface area contributed by atoms with E-state index in [0.717, 1.165) is 44.6 Å². The van der Waals surface area contributed by atoms with Crippen LogP contribution >= 0.6 is 0 Å². The highest BCUT2D eigenvalue weighted by molar-refractivity contribution is 5.27. The van der Waals surface area contributed by atoms with Crippen molar-refractivity contribution in [3.8, 4) is 5.75 Å². The van der Waals surface area contributed by atoms with E-state index in [-0.39, 0.29) is 0 Å². The van der Waals surface area contributed by atoms with Crippen LogP contribution in [0.5, 0.6) is 5.75 Å². The Labute approximate surface area is 152 Å². The van der Waals surface area contributed by atoms with E-state index in [9.17, 15) is 0 Å². The molecule has 4 heteroatoms. The van der Waals surface area contributed by atoms with Crippen molar-refractivity contribution in [3.63, 3.8) is 0 Å². The van der Waals surface area contributed by atoms with E-state index < -0.39 is 0 Å². The van der Waals surface area contributed by atoms with E-state index >= 15 is 0 Å². The number of hydrogen-bond acceptors (Lipinski definition) is 4. The van der Waals surface area contributed by atoms with E-state index in [1.807, 2.05) is 0 Å². The number of rotatable bonds is 5. The summed E-state index contributed by atoms with van der Waals surface area (Å²) in [6.45, 7) is 7.25. The number of hydrogen-bond donors (Lipinski definition) is 0. The van der Waals surface area contributed by atoms with Crippen LogP contribution in [-0.2, 0) is 11.3 Å². The van der Waals surface area contributed by atoms with E-state index in [1.54, 1.807) is 0 Å². The SMILES string of the molecule is c1cc(OC2CCN(C3CCCC3)CC2)ccc1CN1CCOCC1. The Kier molecular flexibility index (Phi) is 5.90. The molecule has 4 nitrogen and oxygen atoms in total. The zero-order valence-corrected chi connectivity index (χ0v) is 15.4. The Morgan fingerprint density at radius 1 is 0.880 bits per heavy atom. The van der Waals surface area contributed by atoms with Crippen LogP contribution in [0.25, 0.3) is 0 Å². The first-order valence-corrected chi connectivity index (χ1v) is 10.2. The fourth-order valence-electron chi connectivity index (χ4n) is 4.51. The van der Waals surface area contributed by atoms with Gasteiger partial charge >= 0.3 is 0 Å². The van der Waals surface area contributed by atoms with E-state index in [0.29, 0.717) is 6.10 Å². The van der Waals surface area contributed by atoms with Crippen LogP contribution in [0.2, 0.25) is 0 Å². The van der Waals surface area contributed by atoms with Gasteiger partial charge in [0.05, 0.1) is 13.2 Å². The summed E-state index contributed by atoms with van der Waals surface area (Å²) in [6.07, 6.45) is 8.42. The van der Waals surface area contributed by atoms with Gasteiger partial charge in [0, 0.05) is 38.8 Å². The third kappa shape index (κ3) is 4.75. The molecular formula is C21H32N2O2.